The molecule has 2 aromatic carbocycles. The van der Waals surface area contributed by atoms with E-state index in [1.807, 2.05) is 39.0 Å². The molecule has 0 fully saturated rings. The number of pyridine rings is 1. The Morgan fingerprint density at radius 1 is 0.941 bits per heavy atom. The van der Waals surface area contributed by atoms with Crippen molar-refractivity contribution in [3.63, 3.8) is 0 Å². The van der Waals surface area contributed by atoms with Crippen LogP contribution in [0.1, 0.15) is 31.9 Å². The molecule has 7 heteroatoms. The lowest BCUT2D eigenvalue weighted by molar-refractivity contribution is -0.137. The molecule has 0 atom stereocenters. The lowest BCUT2D eigenvalue weighted by Gasteiger charge is -2.15. The molecule has 2 amide bonds. The van der Waals surface area contributed by atoms with Crippen LogP contribution in [-0.2, 0) is 16.1 Å². The molecule has 0 radical (unpaired) electrons. The van der Waals surface area contributed by atoms with Crippen molar-refractivity contribution < 1.29 is 19.1 Å². The third kappa shape index (κ3) is 5.09. The number of ether oxygens (including phenoxy) is 2. The summed E-state index contributed by atoms with van der Waals surface area (Å²) in [6, 6.07) is 18.1. The average molecular weight is 458 g/mol. The van der Waals surface area contributed by atoms with Crippen molar-refractivity contribution >= 4 is 23.1 Å². The lowest BCUT2D eigenvalue weighted by atomic mass is 10.0. The molecule has 3 aromatic rings. The van der Waals surface area contributed by atoms with E-state index in [0.29, 0.717) is 34.9 Å². The molecule has 0 aliphatic carbocycles. The zero-order chi connectivity index (χ0) is 24.1. The SMILES string of the molecule is CCOc1cccc(NC2=C(c3ccc(OC(C)C)cc3)C(=O)N(Cc3ccncc3)C2=O)c1. The molecule has 1 aliphatic heterocycles. The van der Waals surface area contributed by atoms with Gasteiger partial charge in [0.2, 0.25) is 0 Å². The van der Waals surface area contributed by atoms with Crippen molar-refractivity contribution in [2.24, 2.45) is 0 Å². The van der Waals surface area contributed by atoms with Crippen LogP contribution in [-0.4, -0.2) is 34.4 Å². The monoisotopic (exact) mass is 457 g/mol. The third-order valence-corrected chi connectivity index (χ3v) is 5.19. The Balaban J connectivity index is 1.71. The van der Waals surface area contributed by atoms with Crippen LogP contribution >= 0.6 is 0 Å². The molecule has 174 valence electrons. The van der Waals surface area contributed by atoms with Crippen LogP contribution in [0.2, 0.25) is 0 Å². The molecule has 0 bridgehead atoms. The summed E-state index contributed by atoms with van der Waals surface area (Å²) in [5, 5.41) is 3.18. The summed E-state index contributed by atoms with van der Waals surface area (Å²) in [4.78, 5) is 32.2. The highest BCUT2D eigenvalue weighted by molar-refractivity contribution is 6.36. The van der Waals surface area contributed by atoms with Gasteiger partial charge in [-0.1, -0.05) is 18.2 Å². The van der Waals surface area contributed by atoms with Gasteiger partial charge in [-0.05, 0) is 68.3 Å². The van der Waals surface area contributed by atoms with Crippen LogP contribution in [0.3, 0.4) is 0 Å². The van der Waals surface area contributed by atoms with Gasteiger partial charge in [0.25, 0.3) is 11.8 Å². The molecule has 1 aliphatic rings. The summed E-state index contributed by atoms with van der Waals surface area (Å²) >= 11 is 0. The molecule has 1 aromatic heterocycles. The highest BCUT2D eigenvalue weighted by Crippen LogP contribution is 2.33. The van der Waals surface area contributed by atoms with E-state index in [2.05, 4.69) is 10.3 Å². The van der Waals surface area contributed by atoms with Crippen molar-refractivity contribution in [3.8, 4) is 11.5 Å². The predicted molar refractivity (Wildman–Crippen MR) is 130 cm³/mol. The fourth-order valence-electron chi connectivity index (χ4n) is 3.72. The Morgan fingerprint density at radius 2 is 1.68 bits per heavy atom. The normalized spacial score (nSPS) is 13.6. The van der Waals surface area contributed by atoms with E-state index in [-0.39, 0.29) is 30.2 Å². The fourth-order valence-corrected chi connectivity index (χ4v) is 3.72. The molecule has 0 saturated heterocycles. The highest BCUT2D eigenvalue weighted by atomic mass is 16.5. The number of carbonyl (C=O) groups excluding carboxylic acids is 2. The molecular formula is C27H27N3O4. The number of imide groups is 1. The number of hydrogen-bond acceptors (Lipinski definition) is 6. The van der Waals surface area contributed by atoms with E-state index < -0.39 is 0 Å². The molecule has 7 nitrogen and oxygen atoms in total. The summed E-state index contributed by atoms with van der Waals surface area (Å²) in [5.74, 6) is 0.628. The quantitative estimate of drug-likeness (QED) is 0.471. The molecule has 34 heavy (non-hydrogen) atoms. The number of anilines is 1. The summed E-state index contributed by atoms with van der Waals surface area (Å²) < 4.78 is 11.3. The second-order valence-corrected chi connectivity index (χ2v) is 8.08. The van der Waals surface area contributed by atoms with Crippen LogP contribution in [0.4, 0.5) is 5.69 Å². The zero-order valence-corrected chi connectivity index (χ0v) is 19.4. The number of amides is 2. The van der Waals surface area contributed by atoms with Crippen molar-refractivity contribution in [2.75, 3.05) is 11.9 Å². The topological polar surface area (TPSA) is 80.8 Å². The van der Waals surface area contributed by atoms with Crippen molar-refractivity contribution in [2.45, 2.75) is 33.4 Å². The van der Waals surface area contributed by atoms with Gasteiger partial charge in [-0.2, -0.15) is 0 Å². The number of benzene rings is 2. The summed E-state index contributed by atoms with van der Waals surface area (Å²) in [6.07, 6.45) is 3.31. The Hall–Kier alpha value is -4.13. The number of rotatable bonds is 9. The van der Waals surface area contributed by atoms with Gasteiger partial charge in [-0.3, -0.25) is 19.5 Å². The summed E-state index contributed by atoms with van der Waals surface area (Å²) in [5.41, 5.74) is 2.65. The van der Waals surface area contributed by atoms with Gasteiger partial charge < -0.3 is 14.8 Å². The van der Waals surface area contributed by atoms with Crippen molar-refractivity contribution in [1.29, 1.82) is 0 Å². The molecule has 2 heterocycles. The number of hydrogen-bond donors (Lipinski definition) is 1. The van der Waals surface area contributed by atoms with Gasteiger partial charge in [0.15, 0.2) is 0 Å². The van der Waals surface area contributed by atoms with Gasteiger partial charge in [0, 0.05) is 24.1 Å². The van der Waals surface area contributed by atoms with Crippen LogP contribution in [0.25, 0.3) is 5.57 Å². The second-order valence-electron chi connectivity index (χ2n) is 8.08. The predicted octanol–water partition coefficient (Wildman–Crippen LogP) is 4.66. The van der Waals surface area contributed by atoms with E-state index in [0.717, 1.165) is 5.56 Å². The second kappa shape index (κ2) is 10.2. The molecule has 0 spiro atoms. The Kier molecular flexibility index (Phi) is 6.92. The minimum absolute atomic E-state index is 0.0328. The zero-order valence-electron chi connectivity index (χ0n) is 19.4. The average Bonchev–Trinajstić information content (AvgIpc) is 3.05. The van der Waals surface area contributed by atoms with Gasteiger partial charge in [-0.25, -0.2) is 0 Å². The maximum absolute atomic E-state index is 13.5. The van der Waals surface area contributed by atoms with E-state index in [4.69, 9.17) is 9.47 Å². The third-order valence-electron chi connectivity index (χ3n) is 5.19. The van der Waals surface area contributed by atoms with Gasteiger partial charge in [0.1, 0.15) is 17.2 Å². The van der Waals surface area contributed by atoms with E-state index in [9.17, 15) is 9.59 Å². The maximum atomic E-state index is 13.5. The van der Waals surface area contributed by atoms with E-state index in [1.54, 1.807) is 54.9 Å². The van der Waals surface area contributed by atoms with Crippen LogP contribution in [0, 0.1) is 0 Å². The first kappa shape index (κ1) is 23.0. The smallest absolute Gasteiger partial charge is 0.278 e. The first-order chi connectivity index (χ1) is 16.5. The fraction of sp³-hybridized carbons (Fsp3) is 0.222. The van der Waals surface area contributed by atoms with Gasteiger partial charge in [-0.15, -0.1) is 0 Å². The largest absolute Gasteiger partial charge is 0.494 e. The minimum Gasteiger partial charge on any atom is -0.494 e. The summed E-state index contributed by atoms with van der Waals surface area (Å²) in [6.45, 7) is 6.49. The lowest BCUT2D eigenvalue weighted by Crippen LogP contribution is -2.32. The number of carbonyl (C=O) groups is 2. The molecular weight excluding hydrogens is 430 g/mol. The van der Waals surface area contributed by atoms with Crippen LogP contribution in [0.5, 0.6) is 11.5 Å². The maximum Gasteiger partial charge on any atom is 0.278 e. The Bertz CT molecular complexity index is 1200. The minimum atomic E-state index is -0.388. The van der Waals surface area contributed by atoms with E-state index >= 15 is 0 Å². The number of nitrogens with zero attached hydrogens (tertiary/aromatic N) is 2. The Labute approximate surface area is 199 Å². The first-order valence-corrected chi connectivity index (χ1v) is 11.2. The van der Waals surface area contributed by atoms with Gasteiger partial charge in [0.05, 0.1) is 24.8 Å². The van der Waals surface area contributed by atoms with E-state index in [1.165, 1.54) is 4.90 Å². The van der Waals surface area contributed by atoms with Crippen molar-refractivity contribution in [3.05, 3.63) is 89.9 Å². The molecule has 0 unspecified atom stereocenters. The molecule has 1 N–H and O–H groups in total. The molecule has 0 saturated carbocycles. The number of nitrogens with one attached hydrogen (secondary N) is 1. The first-order valence-electron chi connectivity index (χ1n) is 11.2. The number of aromatic nitrogens is 1. The molecule has 4 rings (SSSR count). The standard InChI is InChI=1S/C27H27N3O4/c1-4-33-23-7-5-6-21(16-23)29-25-24(20-8-10-22(11-9-20)34-18(2)3)26(31)30(27(25)32)17-19-12-14-28-15-13-19/h5-16,18,29H,4,17H2,1-3H3. The Morgan fingerprint density at radius 3 is 2.35 bits per heavy atom. The van der Waals surface area contributed by atoms with Crippen molar-refractivity contribution in [1.82, 2.24) is 9.88 Å². The summed E-state index contributed by atoms with van der Waals surface area (Å²) in [7, 11) is 0. The highest BCUT2D eigenvalue weighted by Gasteiger charge is 2.39. The van der Waals surface area contributed by atoms with Gasteiger partial charge >= 0.3 is 0 Å². The van der Waals surface area contributed by atoms with Crippen LogP contribution in [0.15, 0.2) is 78.8 Å². The van der Waals surface area contributed by atoms with Crippen LogP contribution < -0.4 is 14.8 Å².